The monoisotopic (exact) mass is 307 g/mol. The van der Waals surface area contributed by atoms with Crippen LogP contribution in [0.15, 0.2) is 18.2 Å². The van der Waals surface area contributed by atoms with E-state index in [4.69, 9.17) is 10.8 Å². The molecule has 0 spiro atoms. The number of para-hydroxylation sites is 1. The molecule has 1 fully saturated rings. The number of carbonyl (C=O) groups excluding carboxylic acids is 1. The smallest absolute Gasteiger partial charge is 0.306 e. The molecule has 2 rings (SSSR count). The van der Waals surface area contributed by atoms with E-state index in [9.17, 15) is 19.7 Å². The third kappa shape index (κ3) is 3.33. The summed E-state index contributed by atoms with van der Waals surface area (Å²) in [4.78, 5) is 33.3. The Morgan fingerprint density at radius 3 is 2.45 bits per heavy atom. The molecule has 4 N–H and O–H groups in total. The number of carboxylic acids is 1. The fraction of sp³-hybridized carbons (Fsp3) is 0.429. The van der Waals surface area contributed by atoms with Crippen LogP contribution in [0.4, 0.5) is 11.4 Å². The molecule has 1 saturated carbocycles. The summed E-state index contributed by atoms with van der Waals surface area (Å²) in [6.45, 7) is 0. The van der Waals surface area contributed by atoms with Crippen LogP contribution in [-0.2, 0) is 4.79 Å². The van der Waals surface area contributed by atoms with Crippen LogP contribution in [0, 0.1) is 16.0 Å². The van der Waals surface area contributed by atoms with Crippen molar-refractivity contribution in [2.75, 3.05) is 5.73 Å². The second-order valence-electron chi connectivity index (χ2n) is 5.36. The van der Waals surface area contributed by atoms with Gasteiger partial charge in [-0.05, 0) is 31.7 Å². The van der Waals surface area contributed by atoms with Crippen LogP contribution in [0.1, 0.15) is 36.0 Å². The highest BCUT2D eigenvalue weighted by Crippen LogP contribution is 2.27. The van der Waals surface area contributed by atoms with Gasteiger partial charge in [0.05, 0.1) is 16.4 Å². The third-order valence-electron chi connectivity index (χ3n) is 3.94. The fourth-order valence-electron chi connectivity index (χ4n) is 2.66. The maximum atomic E-state index is 12.2. The van der Waals surface area contributed by atoms with Crippen molar-refractivity contribution in [1.29, 1.82) is 0 Å². The predicted molar refractivity (Wildman–Crippen MR) is 78.4 cm³/mol. The van der Waals surface area contributed by atoms with Gasteiger partial charge in [-0.15, -0.1) is 0 Å². The van der Waals surface area contributed by atoms with Gasteiger partial charge in [-0.2, -0.15) is 0 Å². The number of hydrogen-bond acceptors (Lipinski definition) is 5. The standard InChI is InChI=1S/C14H17N3O5/c15-12-10(2-1-3-11(12)17(21)22)13(18)16-9-6-4-8(5-7-9)14(19)20/h1-3,8-9H,4-7,15H2,(H,16,18)(H,19,20). The number of benzene rings is 1. The number of carbonyl (C=O) groups is 2. The summed E-state index contributed by atoms with van der Waals surface area (Å²) in [5, 5.41) is 22.5. The van der Waals surface area contributed by atoms with Gasteiger partial charge in [-0.1, -0.05) is 6.07 Å². The van der Waals surface area contributed by atoms with Crippen LogP contribution in [0.3, 0.4) is 0 Å². The molecule has 0 saturated heterocycles. The zero-order valence-electron chi connectivity index (χ0n) is 11.8. The Hall–Kier alpha value is -2.64. The summed E-state index contributed by atoms with van der Waals surface area (Å²) in [5.41, 5.74) is 5.27. The van der Waals surface area contributed by atoms with Crippen molar-refractivity contribution >= 4 is 23.3 Å². The number of aliphatic carboxylic acids is 1. The molecule has 22 heavy (non-hydrogen) atoms. The molecule has 8 heteroatoms. The Kier molecular flexibility index (Phi) is 4.59. The van der Waals surface area contributed by atoms with Crippen molar-refractivity contribution in [3.63, 3.8) is 0 Å². The topological polar surface area (TPSA) is 136 Å². The molecule has 0 heterocycles. The van der Waals surface area contributed by atoms with Gasteiger partial charge in [0, 0.05) is 12.1 Å². The molecule has 0 radical (unpaired) electrons. The molecule has 118 valence electrons. The first-order valence-electron chi connectivity index (χ1n) is 6.96. The zero-order chi connectivity index (χ0) is 16.3. The molecule has 0 bridgehead atoms. The van der Waals surface area contributed by atoms with Gasteiger partial charge in [-0.25, -0.2) is 0 Å². The zero-order valence-corrected chi connectivity index (χ0v) is 11.8. The SMILES string of the molecule is Nc1c(C(=O)NC2CCC(C(=O)O)CC2)cccc1[N+](=O)[O-]. The number of nitro benzene ring substituents is 1. The summed E-state index contributed by atoms with van der Waals surface area (Å²) in [6.07, 6.45) is 2.14. The second kappa shape index (κ2) is 6.42. The number of hydrogen-bond donors (Lipinski definition) is 3. The largest absolute Gasteiger partial charge is 0.481 e. The number of anilines is 1. The van der Waals surface area contributed by atoms with E-state index in [0.29, 0.717) is 25.7 Å². The van der Waals surface area contributed by atoms with Crippen LogP contribution in [0.5, 0.6) is 0 Å². The highest BCUT2D eigenvalue weighted by molar-refractivity contribution is 6.01. The second-order valence-corrected chi connectivity index (χ2v) is 5.36. The van der Waals surface area contributed by atoms with E-state index in [2.05, 4.69) is 5.32 Å². The molecule has 1 aromatic rings. The van der Waals surface area contributed by atoms with Crippen molar-refractivity contribution < 1.29 is 19.6 Å². The van der Waals surface area contributed by atoms with Crippen molar-refractivity contribution in [1.82, 2.24) is 5.32 Å². The van der Waals surface area contributed by atoms with E-state index < -0.39 is 16.8 Å². The van der Waals surface area contributed by atoms with E-state index in [0.717, 1.165) is 0 Å². The van der Waals surface area contributed by atoms with Crippen LogP contribution < -0.4 is 11.1 Å². The van der Waals surface area contributed by atoms with Gasteiger partial charge in [0.2, 0.25) is 0 Å². The minimum absolute atomic E-state index is 0.0644. The Morgan fingerprint density at radius 2 is 1.91 bits per heavy atom. The maximum absolute atomic E-state index is 12.2. The van der Waals surface area contributed by atoms with Crippen molar-refractivity contribution in [3.8, 4) is 0 Å². The number of nitrogens with one attached hydrogen (secondary N) is 1. The molecule has 0 atom stereocenters. The van der Waals surface area contributed by atoms with Crippen molar-refractivity contribution in [2.45, 2.75) is 31.7 Å². The summed E-state index contributed by atoms with van der Waals surface area (Å²) < 4.78 is 0. The molecule has 0 aromatic heterocycles. The lowest BCUT2D eigenvalue weighted by Gasteiger charge is -2.26. The van der Waals surface area contributed by atoms with Crippen molar-refractivity contribution in [3.05, 3.63) is 33.9 Å². The molecule has 8 nitrogen and oxygen atoms in total. The van der Waals surface area contributed by atoms with Gasteiger partial charge < -0.3 is 16.2 Å². The van der Waals surface area contributed by atoms with Crippen LogP contribution in [0.25, 0.3) is 0 Å². The van der Waals surface area contributed by atoms with E-state index in [-0.39, 0.29) is 28.9 Å². The normalized spacial score (nSPS) is 21.1. The third-order valence-corrected chi connectivity index (χ3v) is 3.94. The lowest BCUT2D eigenvalue weighted by molar-refractivity contribution is -0.383. The van der Waals surface area contributed by atoms with Crippen molar-refractivity contribution in [2.24, 2.45) is 5.92 Å². The highest BCUT2D eigenvalue weighted by atomic mass is 16.6. The summed E-state index contributed by atoms with van der Waals surface area (Å²) in [5.74, 6) is -1.65. The average Bonchev–Trinajstić information content (AvgIpc) is 2.47. The summed E-state index contributed by atoms with van der Waals surface area (Å²) in [6, 6.07) is 3.94. The predicted octanol–water partition coefficient (Wildman–Crippen LogP) is 1.55. The minimum Gasteiger partial charge on any atom is -0.481 e. The van der Waals surface area contributed by atoms with Crippen LogP contribution in [-0.4, -0.2) is 27.9 Å². The fourth-order valence-corrected chi connectivity index (χ4v) is 2.66. The van der Waals surface area contributed by atoms with E-state index in [1.54, 1.807) is 0 Å². The number of nitrogen functional groups attached to an aromatic ring is 1. The first-order chi connectivity index (χ1) is 10.4. The highest BCUT2D eigenvalue weighted by Gasteiger charge is 2.28. The number of rotatable bonds is 4. The Labute approximate surface area is 126 Å². The molecular weight excluding hydrogens is 290 g/mol. The van der Waals surface area contributed by atoms with E-state index >= 15 is 0 Å². The first kappa shape index (κ1) is 15.7. The van der Waals surface area contributed by atoms with Gasteiger partial charge in [0.25, 0.3) is 11.6 Å². The Balaban J connectivity index is 2.03. The van der Waals surface area contributed by atoms with Gasteiger partial charge >= 0.3 is 5.97 Å². The Morgan fingerprint density at radius 1 is 1.27 bits per heavy atom. The summed E-state index contributed by atoms with van der Waals surface area (Å²) in [7, 11) is 0. The first-order valence-corrected chi connectivity index (χ1v) is 6.96. The lowest BCUT2D eigenvalue weighted by Crippen LogP contribution is -2.39. The Bertz CT molecular complexity index is 608. The molecule has 1 amide bonds. The number of carboxylic acid groups (broad SMARTS) is 1. The van der Waals surface area contributed by atoms with Gasteiger partial charge in [-0.3, -0.25) is 19.7 Å². The summed E-state index contributed by atoms with van der Waals surface area (Å²) >= 11 is 0. The molecule has 1 aliphatic carbocycles. The van der Waals surface area contributed by atoms with Gasteiger partial charge in [0.15, 0.2) is 0 Å². The number of nitrogens with two attached hydrogens (primary N) is 1. The number of nitrogens with zero attached hydrogens (tertiary/aromatic N) is 1. The minimum atomic E-state index is -0.812. The van der Waals surface area contributed by atoms with E-state index in [1.165, 1.54) is 18.2 Å². The molecule has 1 aromatic carbocycles. The lowest BCUT2D eigenvalue weighted by atomic mass is 9.86. The molecule has 0 aliphatic heterocycles. The van der Waals surface area contributed by atoms with E-state index in [1.807, 2.05) is 0 Å². The molecule has 0 unspecified atom stereocenters. The van der Waals surface area contributed by atoms with Crippen LogP contribution >= 0.6 is 0 Å². The van der Waals surface area contributed by atoms with Crippen LogP contribution in [0.2, 0.25) is 0 Å². The maximum Gasteiger partial charge on any atom is 0.306 e. The quantitative estimate of drug-likeness (QED) is 0.438. The van der Waals surface area contributed by atoms with Gasteiger partial charge in [0.1, 0.15) is 5.69 Å². The average molecular weight is 307 g/mol. The number of amides is 1. The molecular formula is C14H17N3O5. The number of nitro groups is 1. The molecule has 1 aliphatic rings.